The van der Waals surface area contributed by atoms with Gasteiger partial charge in [-0.05, 0) is 65.3 Å². The van der Waals surface area contributed by atoms with Crippen LogP contribution < -0.4 is 10.6 Å². The van der Waals surface area contributed by atoms with E-state index in [1.165, 1.54) is 0 Å². The lowest BCUT2D eigenvalue weighted by Gasteiger charge is -2.37. The van der Waals surface area contributed by atoms with E-state index in [2.05, 4.69) is 38.3 Å². The quantitative estimate of drug-likeness (QED) is 0.801. The number of piperidine rings is 1. The molecule has 3 unspecified atom stereocenters. The lowest BCUT2D eigenvalue weighted by Crippen LogP contribution is -2.50. The second kappa shape index (κ2) is 5.06. The maximum absolute atomic E-state index is 11.8. The van der Waals surface area contributed by atoms with E-state index in [-0.39, 0.29) is 23.2 Å². The Hall–Kier alpha value is -0.610. The SMILES string of the molecule is CNC(=O)C1CC(C2CC(C)(C)OC2(C)C)CCN1. The van der Waals surface area contributed by atoms with Crippen molar-refractivity contribution in [1.82, 2.24) is 10.6 Å². The number of hydrogen-bond donors (Lipinski definition) is 2. The molecule has 4 heteroatoms. The van der Waals surface area contributed by atoms with Crippen LogP contribution in [0, 0.1) is 11.8 Å². The van der Waals surface area contributed by atoms with Crippen molar-refractivity contribution in [3.8, 4) is 0 Å². The number of nitrogens with one attached hydrogen (secondary N) is 2. The normalized spacial score (nSPS) is 37.0. The monoisotopic (exact) mass is 268 g/mol. The maximum atomic E-state index is 11.8. The molecule has 1 amide bonds. The van der Waals surface area contributed by atoms with Gasteiger partial charge in [-0.2, -0.15) is 0 Å². The van der Waals surface area contributed by atoms with Crippen LogP contribution in [-0.2, 0) is 9.53 Å². The molecular formula is C15H28N2O2. The van der Waals surface area contributed by atoms with E-state index in [1.807, 2.05) is 0 Å². The maximum Gasteiger partial charge on any atom is 0.236 e. The van der Waals surface area contributed by atoms with Crippen molar-refractivity contribution >= 4 is 5.91 Å². The number of ether oxygens (including phenoxy) is 1. The third-order valence-corrected chi connectivity index (χ3v) is 4.72. The molecule has 0 bridgehead atoms. The topological polar surface area (TPSA) is 50.4 Å². The third kappa shape index (κ3) is 3.11. The summed E-state index contributed by atoms with van der Waals surface area (Å²) < 4.78 is 6.20. The van der Waals surface area contributed by atoms with Crippen LogP contribution in [0.5, 0.6) is 0 Å². The molecule has 0 aromatic carbocycles. The molecule has 0 radical (unpaired) electrons. The average molecular weight is 268 g/mol. The van der Waals surface area contributed by atoms with Crippen LogP contribution in [0.4, 0.5) is 0 Å². The minimum atomic E-state index is -0.0846. The Morgan fingerprint density at radius 1 is 1.32 bits per heavy atom. The van der Waals surface area contributed by atoms with Crippen molar-refractivity contribution in [1.29, 1.82) is 0 Å². The van der Waals surface area contributed by atoms with Gasteiger partial charge in [-0.3, -0.25) is 4.79 Å². The zero-order valence-electron chi connectivity index (χ0n) is 12.9. The highest BCUT2D eigenvalue weighted by Crippen LogP contribution is 2.47. The van der Waals surface area contributed by atoms with Gasteiger partial charge < -0.3 is 15.4 Å². The van der Waals surface area contributed by atoms with E-state index in [0.717, 1.165) is 25.8 Å². The van der Waals surface area contributed by atoms with E-state index in [1.54, 1.807) is 7.05 Å². The number of rotatable bonds is 2. The molecule has 3 atom stereocenters. The highest BCUT2D eigenvalue weighted by atomic mass is 16.5. The Bertz CT molecular complexity index is 352. The van der Waals surface area contributed by atoms with E-state index in [0.29, 0.717) is 11.8 Å². The lowest BCUT2D eigenvalue weighted by molar-refractivity contribution is -0.124. The third-order valence-electron chi connectivity index (χ3n) is 4.72. The molecule has 0 spiro atoms. The van der Waals surface area contributed by atoms with Crippen molar-refractivity contribution in [2.75, 3.05) is 13.6 Å². The summed E-state index contributed by atoms with van der Waals surface area (Å²) in [4.78, 5) is 11.8. The zero-order valence-corrected chi connectivity index (χ0v) is 12.9. The summed E-state index contributed by atoms with van der Waals surface area (Å²) in [5.41, 5.74) is -0.125. The molecule has 2 saturated heterocycles. The number of carbonyl (C=O) groups is 1. The summed E-state index contributed by atoms with van der Waals surface area (Å²) in [6.07, 6.45) is 3.15. The Morgan fingerprint density at radius 2 is 2.00 bits per heavy atom. The zero-order chi connectivity index (χ0) is 14.3. The van der Waals surface area contributed by atoms with Gasteiger partial charge >= 0.3 is 0 Å². The van der Waals surface area contributed by atoms with Gasteiger partial charge in [-0.1, -0.05) is 0 Å². The van der Waals surface area contributed by atoms with E-state index in [9.17, 15) is 4.79 Å². The molecule has 0 aliphatic carbocycles. The second-order valence-electron chi connectivity index (χ2n) is 7.18. The molecule has 4 nitrogen and oxygen atoms in total. The van der Waals surface area contributed by atoms with E-state index < -0.39 is 0 Å². The predicted octanol–water partition coefficient (Wildman–Crippen LogP) is 1.69. The smallest absolute Gasteiger partial charge is 0.236 e. The number of hydrogen-bond acceptors (Lipinski definition) is 3. The molecule has 110 valence electrons. The van der Waals surface area contributed by atoms with Gasteiger partial charge in [0.1, 0.15) is 0 Å². The van der Waals surface area contributed by atoms with Crippen LogP contribution in [0.25, 0.3) is 0 Å². The van der Waals surface area contributed by atoms with Crippen LogP contribution in [0.3, 0.4) is 0 Å². The van der Waals surface area contributed by atoms with Crippen molar-refractivity contribution in [2.45, 2.75) is 64.2 Å². The summed E-state index contributed by atoms with van der Waals surface area (Å²) in [6.45, 7) is 9.67. The molecule has 2 heterocycles. The summed E-state index contributed by atoms with van der Waals surface area (Å²) >= 11 is 0. The molecule has 2 rings (SSSR count). The van der Waals surface area contributed by atoms with Crippen LogP contribution in [0.15, 0.2) is 0 Å². The van der Waals surface area contributed by atoms with Crippen molar-refractivity contribution in [3.63, 3.8) is 0 Å². The first-order valence-corrected chi connectivity index (χ1v) is 7.40. The largest absolute Gasteiger partial charge is 0.369 e. The lowest BCUT2D eigenvalue weighted by atomic mass is 9.72. The van der Waals surface area contributed by atoms with Crippen LogP contribution >= 0.6 is 0 Å². The van der Waals surface area contributed by atoms with Crippen LogP contribution in [-0.4, -0.2) is 36.7 Å². The second-order valence-corrected chi connectivity index (χ2v) is 7.18. The van der Waals surface area contributed by atoms with Gasteiger partial charge in [0.15, 0.2) is 0 Å². The fraction of sp³-hybridized carbons (Fsp3) is 0.933. The molecule has 0 aromatic heterocycles. The van der Waals surface area contributed by atoms with Crippen molar-refractivity contribution < 1.29 is 9.53 Å². The number of carbonyl (C=O) groups excluding carboxylic acids is 1. The standard InChI is InChI=1S/C15H28N2O2/c1-14(2)9-11(15(3,4)19-14)10-6-7-17-12(8-10)13(18)16-5/h10-12,17H,6-9H2,1-5H3,(H,16,18). The Labute approximate surface area is 116 Å². The fourth-order valence-corrected chi connectivity index (χ4v) is 4.03. The minimum absolute atomic E-state index is 0.0386. The highest BCUT2D eigenvalue weighted by Gasteiger charge is 2.49. The molecular weight excluding hydrogens is 240 g/mol. The van der Waals surface area contributed by atoms with Crippen LogP contribution in [0.2, 0.25) is 0 Å². The first kappa shape index (κ1) is 14.8. The van der Waals surface area contributed by atoms with Crippen LogP contribution in [0.1, 0.15) is 47.0 Å². The number of amides is 1. The minimum Gasteiger partial charge on any atom is -0.369 e. The van der Waals surface area contributed by atoms with Gasteiger partial charge in [0.25, 0.3) is 0 Å². The Kier molecular flexibility index (Phi) is 3.94. The highest BCUT2D eigenvalue weighted by molar-refractivity contribution is 5.81. The molecule has 2 aliphatic heterocycles. The average Bonchev–Trinajstić information content (AvgIpc) is 2.56. The summed E-state index contributed by atoms with van der Waals surface area (Å²) in [6, 6.07) is -0.0386. The molecule has 0 saturated carbocycles. The van der Waals surface area contributed by atoms with Crippen molar-refractivity contribution in [3.05, 3.63) is 0 Å². The van der Waals surface area contributed by atoms with E-state index >= 15 is 0 Å². The summed E-state index contributed by atoms with van der Waals surface area (Å²) in [5.74, 6) is 1.22. The predicted molar refractivity (Wildman–Crippen MR) is 75.9 cm³/mol. The summed E-state index contributed by atoms with van der Waals surface area (Å²) in [5, 5.41) is 6.07. The van der Waals surface area contributed by atoms with Gasteiger partial charge in [-0.25, -0.2) is 0 Å². The first-order chi connectivity index (χ1) is 8.75. The molecule has 0 aromatic rings. The molecule has 2 fully saturated rings. The fourth-order valence-electron chi connectivity index (χ4n) is 4.03. The first-order valence-electron chi connectivity index (χ1n) is 7.40. The molecule has 19 heavy (non-hydrogen) atoms. The molecule has 2 N–H and O–H groups in total. The van der Waals surface area contributed by atoms with Gasteiger partial charge in [0, 0.05) is 7.05 Å². The van der Waals surface area contributed by atoms with Gasteiger partial charge in [0.2, 0.25) is 5.91 Å². The summed E-state index contributed by atoms with van der Waals surface area (Å²) in [7, 11) is 1.71. The van der Waals surface area contributed by atoms with Crippen molar-refractivity contribution in [2.24, 2.45) is 11.8 Å². The Morgan fingerprint density at radius 3 is 2.53 bits per heavy atom. The van der Waals surface area contributed by atoms with Gasteiger partial charge in [-0.15, -0.1) is 0 Å². The number of likely N-dealkylation sites (N-methyl/N-ethyl adjacent to an activating group) is 1. The van der Waals surface area contributed by atoms with Gasteiger partial charge in [0.05, 0.1) is 17.2 Å². The Balaban J connectivity index is 2.07. The van der Waals surface area contributed by atoms with E-state index in [4.69, 9.17) is 4.74 Å². The molecule has 2 aliphatic rings.